The minimum Gasteiger partial charge on any atom is -0.508 e. The van der Waals surface area contributed by atoms with Crippen LogP contribution in [0.1, 0.15) is 11.1 Å². The third-order valence-corrected chi connectivity index (χ3v) is 4.18. The maximum Gasteiger partial charge on any atom is 0.141 e. The van der Waals surface area contributed by atoms with E-state index in [1.807, 2.05) is 30.3 Å². The maximum absolute atomic E-state index is 9.75. The van der Waals surface area contributed by atoms with Crippen LogP contribution in [-0.4, -0.2) is 14.7 Å². The number of aromatic hydroxyl groups is 1. The zero-order valence-electron chi connectivity index (χ0n) is 13.5. The van der Waals surface area contributed by atoms with Crippen molar-refractivity contribution in [1.29, 1.82) is 0 Å². The highest BCUT2D eigenvalue weighted by Crippen LogP contribution is 2.27. The number of phenolic OH excluding ortho intramolecular Hbond substituents is 1. The summed E-state index contributed by atoms with van der Waals surface area (Å²) in [5, 5.41) is 9.75. The van der Waals surface area contributed by atoms with Crippen molar-refractivity contribution in [2.24, 2.45) is 0 Å². The maximum atomic E-state index is 9.75. The van der Waals surface area contributed by atoms with Gasteiger partial charge in [0.05, 0.1) is 11.0 Å². The van der Waals surface area contributed by atoms with Crippen LogP contribution < -0.4 is 0 Å². The molecule has 3 heteroatoms. The first-order valence-electron chi connectivity index (χ1n) is 8.01. The lowest BCUT2D eigenvalue weighted by Crippen LogP contribution is -2.02. The van der Waals surface area contributed by atoms with E-state index in [9.17, 15) is 5.11 Å². The predicted octanol–water partition coefficient (Wildman–Crippen LogP) is 4.77. The molecule has 1 heterocycles. The van der Waals surface area contributed by atoms with Crippen LogP contribution in [0.15, 0.2) is 72.8 Å². The Morgan fingerprint density at radius 2 is 1.75 bits per heavy atom. The minimum absolute atomic E-state index is 0.286. The fraction of sp³-hybridized carbons (Fsp3) is 0.0952. The first-order valence-corrected chi connectivity index (χ1v) is 8.01. The Hall–Kier alpha value is -3.07. The summed E-state index contributed by atoms with van der Waals surface area (Å²) in [6, 6.07) is 23.9. The Morgan fingerprint density at radius 1 is 0.917 bits per heavy atom. The Balaban J connectivity index is 1.90. The van der Waals surface area contributed by atoms with Crippen molar-refractivity contribution in [3.8, 4) is 17.1 Å². The van der Waals surface area contributed by atoms with Crippen molar-refractivity contribution in [2.45, 2.75) is 13.5 Å². The number of hydrogen-bond donors (Lipinski definition) is 1. The monoisotopic (exact) mass is 314 g/mol. The van der Waals surface area contributed by atoms with E-state index in [-0.39, 0.29) is 5.75 Å². The van der Waals surface area contributed by atoms with Gasteiger partial charge in [0, 0.05) is 12.1 Å². The van der Waals surface area contributed by atoms with Gasteiger partial charge in [-0.15, -0.1) is 0 Å². The molecule has 24 heavy (non-hydrogen) atoms. The van der Waals surface area contributed by atoms with Gasteiger partial charge in [0.2, 0.25) is 0 Å². The minimum atomic E-state index is 0.286. The molecular weight excluding hydrogens is 296 g/mol. The van der Waals surface area contributed by atoms with E-state index in [0.29, 0.717) is 6.54 Å². The molecule has 4 rings (SSSR count). The van der Waals surface area contributed by atoms with Crippen molar-refractivity contribution in [3.05, 3.63) is 83.9 Å². The largest absolute Gasteiger partial charge is 0.508 e. The van der Waals surface area contributed by atoms with E-state index in [1.165, 1.54) is 5.56 Å². The Kier molecular flexibility index (Phi) is 3.54. The van der Waals surface area contributed by atoms with Crippen LogP contribution in [0, 0.1) is 6.92 Å². The van der Waals surface area contributed by atoms with Crippen molar-refractivity contribution in [1.82, 2.24) is 9.55 Å². The molecule has 0 bridgehead atoms. The fourth-order valence-corrected chi connectivity index (χ4v) is 3.08. The standard InChI is InChI=1S/C21H18N2O/c1-15-6-4-8-17(12-15)21-22-19-10-2-3-11-20(19)23(21)14-16-7-5-9-18(24)13-16/h2-13,24H,14H2,1H3. The summed E-state index contributed by atoms with van der Waals surface area (Å²) in [6.45, 7) is 2.75. The van der Waals surface area contributed by atoms with Gasteiger partial charge >= 0.3 is 0 Å². The highest BCUT2D eigenvalue weighted by Gasteiger charge is 2.13. The molecule has 0 radical (unpaired) electrons. The molecule has 0 aliphatic rings. The van der Waals surface area contributed by atoms with E-state index in [2.05, 4.69) is 41.8 Å². The molecule has 0 aliphatic heterocycles. The van der Waals surface area contributed by atoms with Gasteiger partial charge in [-0.3, -0.25) is 0 Å². The summed E-state index contributed by atoms with van der Waals surface area (Å²) in [7, 11) is 0. The first kappa shape index (κ1) is 14.5. The highest BCUT2D eigenvalue weighted by atomic mass is 16.3. The van der Waals surface area contributed by atoms with Crippen LogP contribution in [0.4, 0.5) is 0 Å². The second kappa shape index (κ2) is 5.85. The molecule has 1 N–H and O–H groups in total. The molecule has 0 amide bonds. The van der Waals surface area contributed by atoms with Gasteiger partial charge in [0.1, 0.15) is 11.6 Å². The molecule has 0 atom stereocenters. The number of nitrogens with zero attached hydrogens (tertiary/aromatic N) is 2. The molecule has 0 fully saturated rings. The van der Waals surface area contributed by atoms with Gasteiger partial charge in [0.25, 0.3) is 0 Å². The first-order chi connectivity index (χ1) is 11.7. The molecule has 3 aromatic carbocycles. The lowest BCUT2D eigenvalue weighted by Gasteiger charge is -2.10. The van der Waals surface area contributed by atoms with Crippen LogP contribution >= 0.6 is 0 Å². The van der Waals surface area contributed by atoms with Crippen LogP contribution in [0.2, 0.25) is 0 Å². The second-order valence-electron chi connectivity index (χ2n) is 6.05. The van der Waals surface area contributed by atoms with E-state index < -0.39 is 0 Å². The lowest BCUT2D eigenvalue weighted by atomic mass is 10.1. The molecular formula is C21H18N2O. The molecule has 0 saturated carbocycles. The number of rotatable bonds is 3. The molecule has 118 valence electrons. The van der Waals surface area contributed by atoms with Gasteiger partial charge < -0.3 is 9.67 Å². The normalized spacial score (nSPS) is 11.0. The topological polar surface area (TPSA) is 38.0 Å². The summed E-state index contributed by atoms with van der Waals surface area (Å²) in [6.07, 6.45) is 0. The highest BCUT2D eigenvalue weighted by molar-refractivity contribution is 5.80. The third-order valence-electron chi connectivity index (χ3n) is 4.18. The van der Waals surface area contributed by atoms with E-state index in [0.717, 1.165) is 28.0 Å². The average molecular weight is 314 g/mol. The van der Waals surface area contributed by atoms with Gasteiger partial charge in [-0.25, -0.2) is 4.98 Å². The van der Waals surface area contributed by atoms with Crippen molar-refractivity contribution in [2.75, 3.05) is 0 Å². The van der Waals surface area contributed by atoms with Gasteiger partial charge in [-0.1, -0.05) is 48.0 Å². The van der Waals surface area contributed by atoms with Crippen LogP contribution in [0.3, 0.4) is 0 Å². The number of phenols is 1. The molecule has 0 saturated heterocycles. The zero-order chi connectivity index (χ0) is 16.5. The SMILES string of the molecule is Cc1cccc(-c2nc3ccccc3n2Cc2cccc(O)c2)c1. The van der Waals surface area contributed by atoms with E-state index in [4.69, 9.17) is 4.98 Å². The summed E-state index contributed by atoms with van der Waals surface area (Å²) in [4.78, 5) is 4.84. The number of para-hydroxylation sites is 2. The number of aryl methyl sites for hydroxylation is 1. The quantitative estimate of drug-likeness (QED) is 0.592. The van der Waals surface area contributed by atoms with Gasteiger partial charge in [0.15, 0.2) is 0 Å². The second-order valence-corrected chi connectivity index (χ2v) is 6.05. The average Bonchev–Trinajstić information content (AvgIpc) is 2.94. The molecule has 1 aromatic heterocycles. The Bertz CT molecular complexity index is 1020. The Labute approximate surface area is 140 Å². The third kappa shape index (κ3) is 2.65. The zero-order valence-corrected chi connectivity index (χ0v) is 13.5. The lowest BCUT2D eigenvalue weighted by molar-refractivity contribution is 0.474. The summed E-state index contributed by atoms with van der Waals surface area (Å²) in [5.41, 5.74) is 5.44. The number of fused-ring (bicyclic) bond motifs is 1. The predicted molar refractivity (Wildman–Crippen MR) is 97.1 cm³/mol. The fourth-order valence-electron chi connectivity index (χ4n) is 3.08. The van der Waals surface area contributed by atoms with Crippen LogP contribution in [0.25, 0.3) is 22.4 Å². The number of imidazole rings is 1. The Morgan fingerprint density at radius 3 is 2.58 bits per heavy atom. The van der Waals surface area contributed by atoms with E-state index in [1.54, 1.807) is 12.1 Å². The number of aromatic nitrogens is 2. The van der Waals surface area contributed by atoms with Crippen molar-refractivity contribution in [3.63, 3.8) is 0 Å². The molecule has 0 unspecified atom stereocenters. The molecule has 0 aliphatic carbocycles. The van der Waals surface area contributed by atoms with Crippen LogP contribution in [-0.2, 0) is 6.54 Å². The van der Waals surface area contributed by atoms with Gasteiger partial charge in [-0.2, -0.15) is 0 Å². The van der Waals surface area contributed by atoms with E-state index >= 15 is 0 Å². The summed E-state index contributed by atoms with van der Waals surface area (Å²) in [5.74, 6) is 1.23. The molecule has 0 spiro atoms. The van der Waals surface area contributed by atoms with Crippen molar-refractivity contribution >= 4 is 11.0 Å². The number of benzene rings is 3. The molecule has 3 nitrogen and oxygen atoms in total. The van der Waals surface area contributed by atoms with Crippen LogP contribution in [0.5, 0.6) is 5.75 Å². The number of hydrogen-bond acceptors (Lipinski definition) is 2. The summed E-state index contributed by atoms with van der Waals surface area (Å²) < 4.78 is 2.21. The van der Waals surface area contributed by atoms with Crippen molar-refractivity contribution < 1.29 is 5.11 Å². The smallest absolute Gasteiger partial charge is 0.141 e. The molecule has 4 aromatic rings. The summed E-state index contributed by atoms with van der Waals surface area (Å²) >= 11 is 0. The van der Waals surface area contributed by atoms with Gasteiger partial charge in [-0.05, 0) is 42.8 Å².